The fourth-order valence-corrected chi connectivity index (χ4v) is 2.61. The van der Waals surface area contributed by atoms with Crippen molar-refractivity contribution in [3.05, 3.63) is 64.0 Å². The molecule has 0 bridgehead atoms. The lowest BCUT2D eigenvalue weighted by atomic mass is 10.1. The summed E-state index contributed by atoms with van der Waals surface area (Å²) in [4.78, 5) is 29.3. The molecule has 0 radical (unpaired) electrons. The number of rotatable bonds is 6. The van der Waals surface area contributed by atoms with Crippen LogP contribution in [-0.4, -0.2) is 34.5 Å². The van der Waals surface area contributed by atoms with Crippen molar-refractivity contribution >= 4 is 28.4 Å². The van der Waals surface area contributed by atoms with Gasteiger partial charge in [-0.05, 0) is 18.1 Å². The Balaban J connectivity index is 1.74. The van der Waals surface area contributed by atoms with Crippen LogP contribution in [-0.2, 0) is 11.2 Å². The second kappa shape index (κ2) is 7.00. The number of ether oxygens (including phenoxy) is 1. The van der Waals surface area contributed by atoms with Crippen LogP contribution in [0, 0.1) is 10.1 Å². The molecule has 8 heteroatoms. The van der Waals surface area contributed by atoms with Crippen LogP contribution < -0.4 is 5.32 Å². The van der Waals surface area contributed by atoms with Crippen LogP contribution in [0.4, 0.5) is 11.5 Å². The minimum atomic E-state index is -0.666. The molecule has 25 heavy (non-hydrogen) atoms. The summed E-state index contributed by atoms with van der Waals surface area (Å²) < 4.78 is 4.56. The summed E-state index contributed by atoms with van der Waals surface area (Å²) in [6.45, 7) is 0.466. The Hall–Kier alpha value is -3.42. The topological polar surface area (TPSA) is 110 Å². The lowest BCUT2D eigenvalue weighted by Crippen LogP contribution is -2.10. The van der Waals surface area contributed by atoms with E-state index in [4.69, 9.17) is 0 Å². The average molecular weight is 340 g/mol. The van der Waals surface area contributed by atoms with E-state index < -0.39 is 10.9 Å². The van der Waals surface area contributed by atoms with Crippen LogP contribution in [0.3, 0.4) is 0 Å². The van der Waals surface area contributed by atoms with E-state index in [1.165, 1.54) is 13.3 Å². The SMILES string of the molecule is COC(=O)c1cnc(NCCc2c[nH]c3ccccc23)c([N+](=O)[O-])c1. The van der Waals surface area contributed by atoms with Gasteiger partial charge in [0, 0.05) is 35.9 Å². The molecule has 0 spiro atoms. The number of para-hydroxylation sites is 1. The predicted octanol–water partition coefficient (Wildman–Crippen LogP) is 2.91. The van der Waals surface area contributed by atoms with Crippen LogP contribution in [0.2, 0.25) is 0 Å². The van der Waals surface area contributed by atoms with Gasteiger partial charge in [-0.2, -0.15) is 0 Å². The Kier molecular flexibility index (Phi) is 4.60. The summed E-state index contributed by atoms with van der Waals surface area (Å²) in [5.74, 6) is -0.543. The lowest BCUT2D eigenvalue weighted by Gasteiger charge is -2.07. The molecule has 2 aromatic heterocycles. The zero-order valence-electron chi connectivity index (χ0n) is 13.5. The van der Waals surface area contributed by atoms with Crippen LogP contribution in [0.1, 0.15) is 15.9 Å². The van der Waals surface area contributed by atoms with Gasteiger partial charge in [0.2, 0.25) is 5.82 Å². The highest BCUT2D eigenvalue weighted by Crippen LogP contribution is 2.24. The van der Waals surface area contributed by atoms with E-state index in [9.17, 15) is 14.9 Å². The van der Waals surface area contributed by atoms with Gasteiger partial charge in [0.1, 0.15) is 0 Å². The summed E-state index contributed by atoms with van der Waals surface area (Å²) in [6, 6.07) is 9.09. The van der Waals surface area contributed by atoms with Gasteiger partial charge in [-0.25, -0.2) is 9.78 Å². The molecule has 0 aliphatic rings. The Morgan fingerprint density at radius 1 is 1.40 bits per heavy atom. The maximum atomic E-state index is 11.5. The number of pyridine rings is 1. The van der Waals surface area contributed by atoms with Gasteiger partial charge in [-0.15, -0.1) is 0 Å². The highest BCUT2D eigenvalue weighted by Gasteiger charge is 2.19. The number of carbonyl (C=O) groups is 1. The van der Waals surface area contributed by atoms with Crippen molar-refractivity contribution in [2.45, 2.75) is 6.42 Å². The first-order valence-corrected chi connectivity index (χ1v) is 7.61. The standard InChI is InChI=1S/C17H16N4O4/c1-25-17(22)12-8-15(21(23)24)16(20-10-12)18-7-6-11-9-19-14-5-3-2-4-13(11)14/h2-5,8-10,19H,6-7H2,1H3,(H,18,20). The van der Waals surface area contributed by atoms with E-state index in [2.05, 4.69) is 20.0 Å². The summed E-state index contributed by atoms with van der Waals surface area (Å²) in [5, 5.41) is 15.3. The number of H-pyrrole nitrogens is 1. The molecule has 8 nitrogen and oxygen atoms in total. The molecule has 1 aromatic carbocycles. The molecule has 0 aliphatic carbocycles. The largest absolute Gasteiger partial charge is 0.465 e. The van der Waals surface area contributed by atoms with Gasteiger partial charge in [0.05, 0.1) is 17.6 Å². The number of fused-ring (bicyclic) bond motifs is 1. The normalized spacial score (nSPS) is 10.6. The number of hydrogen-bond acceptors (Lipinski definition) is 6. The predicted molar refractivity (Wildman–Crippen MR) is 92.7 cm³/mol. The third kappa shape index (κ3) is 3.42. The maximum absolute atomic E-state index is 11.5. The molecule has 0 aliphatic heterocycles. The third-order valence-electron chi connectivity index (χ3n) is 3.85. The average Bonchev–Trinajstić information content (AvgIpc) is 3.04. The van der Waals surface area contributed by atoms with Crippen LogP contribution in [0.5, 0.6) is 0 Å². The second-order valence-corrected chi connectivity index (χ2v) is 5.38. The van der Waals surface area contributed by atoms with Crippen LogP contribution >= 0.6 is 0 Å². The van der Waals surface area contributed by atoms with Crippen molar-refractivity contribution in [3.8, 4) is 0 Å². The van der Waals surface area contributed by atoms with Gasteiger partial charge in [-0.1, -0.05) is 18.2 Å². The summed E-state index contributed by atoms with van der Waals surface area (Å²) in [7, 11) is 1.21. The number of esters is 1. The first kappa shape index (κ1) is 16.4. The molecule has 0 saturated heterocycles. The molecular weight excluding hydrogens is 324 g/mol. The number of methoxy groups -OCH3 is 1. The lowest BCUT2D eigenvalue weighted by molar-refractivity contribution is -0.384. The fraction of sp³-hybridized carbons (Fsp3) is 0.176. The highest BCUT2D eigenvalue weighted by molar-refractivity contribution is 5.90. The van der Waals surface area contributed by atoms with Gasteiger partial charge in [0.25, 0.3) is 0 Å². The summed E-state index contributed by atoms with van der Waals surface area (Å²) in [5.41, 5.74) is 1.93. The molecule has 0 fully saturated rings. The van der Waals surface area contributed by atoms with Gasteiger partial charge in [-0.3, -0.25) is 10.1 Å². The Morgan fingerprint density at radius 2 is 2.20 bits per heavy atom. The Bertz CT molecular complexity index is 935. The first-order chi connectivity index (χ1) is 12.1. The number of nitrogens with zero attached hydrogens (tertiary/aromatic N) is 2. The number of hydrogen-bond donors (Lipinski definition) is 2. The fourth-order valence-electron chi connectivity index (χ4n) is 2.61. The minimum Gasteiger partial charge on any atom is -0.465 e. The molecule has 128 valence electrons. The van der Waals surface area contributed by atoms with Gasteiger partial charge < -0.3 is 15.0 Å². The molecule has 2 N–H and O–H groups in total. The third-order valence-corrected chi connectivity index (χ3v) is 3.85. The van der Waals surface area contributed by atoms with Gasteiger partial charge in [0.15, 0.2) is 0 Å². The molecular formula is C17H16N4O4. The quantitative estimate of drug-likeness (QED) is 0.405. The molecule has 0 amide bonds. The highest BCUT2D eigenvalue weighted by atomic mass is 16.6. The van der Waals surface area contributed by atoms with Crippen molar-refractivity contribution in [1.29, 1.82) is 0 Å². The van der Waals surface area contributed by atoms with Crippen molar-refractivity contribution in [2.24, 2.45) is 0 Å². The molecule has 2 heterocycles. The number of carbonyl (C=O) groups excluding carboxylic acids is 1. The molecule has 0 atom stereocenters. The maximum Gasteiger partial charge on any atom is 0.339 e. The zero-order valence-corrected chi connectivity index (χ0v) is 13.5. The Morgan fingerprint density at radius 3 is 2.96 bits per heavy atom. The van der Waals surface area contributed by atoms with Crippen molar-refractivity contribution < 1.29 is 14.5 Å². The molecule has 0 saturated carbocycles. The second-order valence-electron chi connectivity index (χ2n) is 5.38. The number of aromatic nitrogens is 2. The minimum absolute atomic E-state index is 0.0383. The number of nitro groups is 1. The number of nitrogens with one attached hydrogen (secondary N) is 2. The van der Waals surface area contributed by atoms with Gasteiger partial charge >= 0.3 is 11.7 Å². The van der Waals surface area contributed by atoms with Crippen molar-refractivity contribution in [3.63, 3.8) is 0 Å². The summed E-state index contributed by atoms with van der Waals surface area (Å²) >= 11 is 0. The van der Waals surface area contributed by atoms with E-state index in [0.29, 0.717) is 13.0 Å². The monoisotopic (exact) mass is 340 g/mol. The van der Waals surface area contributed by atoms with E-state index in [0.717, 1.165) is 22.5 Å². The first-order valence-electron chi connectivity index (χ1n) is 7.61. The zero-order chi connectivity index (χ0) is 17.8. The smallest absolute Gasteiger partial charge is 0.339 e. The number of aromatic amines is 1. The number of anilines is 1. The van der Waals surface area contributed by atoms with E-state index >= 15 is 0 Å². The van der Waals surface area contributed by atoms with Crippen LogP contribution in [0.15, 0.2) is 42.7 Å². The van der Waals surface area contributed by atoms with E-state index in [-0.39, 0.29) is 17.1 Å². The van der Waals surface area contributed by atoms with Crippen molar-refractivity contribution in [2.75, 3.05) is 19.0 Å². The van der Waals surface area contributed by atoms with Crippen LogP contribution in [0.25, 0.3) is 10.9 Å². The van der Waals surface area contributed by atoms with E-state index in [1.807, 2.05) is 30.5 Å². The molecule has 3 rings (SSSR count). The summed E-state index contributed by atoms with van der Waals surface area (Å²) in [6.07, 6.45) is 3.85. The number of benzene rings is 1. The van der Waals surface area contributed by atoms with Crippen molar-refractivity contribution in [1.82, 2.24) is 9.97 Å². The Labute approximate surface area is 143 Å². The molecule has 3 aromatic rings. The molecule has 0 unspecified atom stereocenters. The van der Waals surface area contributed by atoms with E-state index in [1.54, 1.807) is 0 Å².